The lowest BCUT2D eigenvalue weighted by molar-refractivity contribution is -0.168. The van der Waals surface area contributed by atoms with Crippen LogP contribution in [-0.4, -0.2) is 11.8 Å². The fourth-order valence-corrected chi connectivity index (χ4v) is 3.03. The smallest absolute Gasteiger partial charge is 0.349 e. The predicted octanol–water partition coefficient (Wildman–Crippen LogP) is 4.86. The number of Topliss-reactive ketones (excluding diaryl/α,β-unsaturated/α-hetero) is 1. The van der Waals surface area contributed by atoms with Crippen LogP contribution in [0, 0.1) is 6.92 Å². The highest BCUT2D eigenvalue weighted by Gasteiger charge is 2.36. The van der Waals surface area contributed by atoms with Crippen LogP contribution in [0.5, 0.6) is 0 Å². The van der Waals surface area contributed by atoms with Crippen molar-refractivity contribution >= 4 is 17.5 Å². The first-order valence-corrected chi connectivity index (χ1v) is 8.97. The average molecular weight is 370 g/mol. The molecule has 0 aliphatic carbocycles. The highest BCUT2D eigenvalue weighted by molar-refractivity contribution is 6.28. The molecule has 3 aromatic rings. The van der Waals surface area contributed by atoms with E-state index in [1.54, 1.807) is 36.4 Å². The molecular weight excluding hydrogens is 352 g/mol. The second kappa shape index (κ2) is 7.53. The molecule has 0 saturated heterocycles. The maximum Gasteiger partial charge on any atom is 0.349 e. The summed E-state index contributed by atoms with van der Waals surface area (Å²) in [6.07, 6.45) is -0.907. The second-order valence-corrected chi connectivity index (χ2v) is 6.53. The molecule has 0 bridgehead atoms. The highest BCUT2D eigenvalue weighted by atomic mass is 16.7. The number of aryl methyl sites for hydroxylation is 1. The van der Waals surface area contributed by atoms with Crippen molar-refractivity contribution in [2.45, 2.75) is 13.2 Å². The number of benzene rings is 3. The van der Waals surface area contributed by atoms with Gasteiger partial charge in [0.2, 0.25) is 5.78 Å². The van der Waals surface area contributed by atoms with Gasteiger partial charge in [-0.25, -0.2) is 4.79 Å². The van der Waals surface area contributed by atoms with Crippen molar-refractivity contribution < 1.29 is 19.1 Å². The summed E-state index contributed by atoms with van der Waals surface area (Å²) in [6, 6.07) is 25.3. The molecule has 1 atom stereocenters. The third-order valence-corrected chi connectivity index (χ3v) is 4.52. The molecule has 0 saturated carbocycles. The van der Waals surface area contributed by atoms with E-state index in [1.807, 2.05) is 55.5 Å². The number of cyclic esters (lactones) is 1. The van der Waals surface area contributed by atoms with Gasteiger partial charge in [-0.1, -0.05) is 90.5 Å². The van der Waals surface area contributed by atoms with Crippen LogP contribution in [0.2, 0.25) is 0 Å². The molecule has 1 heterocycles. The van der Waals surface area contributed by atoms with E-state index in [-0.39, 0.29) is 11.3 Å². The summed E-state index contributed by atoms with van der Waals surface area (Å²) in [5, 5.41) is 0. The molecule has 1 aliphatic rings. The molecule has 0 unspecified atom stereocenters. The van der Waals surface area contributed by atoms with Crippen molar-refractivity contribution in [1.82, 2.24) is 0 Å². The second-order valence-electron chi connectivity index (χ2n) is 6.53. The van der Waals surface area contributed by atoms with Gasteiger partial charge in [0.15, 0.2) is 5.57 Å². The SMILES string of the molecule is Cc1ccc([C@H]2OC(=O)C(C(=O)c3ccccc3)=C(c3ccccc3)O2)cc1. The lowest BCUT2D eigenvalue weighted by atomic mass is 9.98. The summed E-state index contributed by atoms with van der Waals surface area (Å²) < 4.78 is 11.5. The molecule has 28 heavy (non-hydrogen) atoms. The number of carbonyl (C=O) groups is 2. The maximum atomic E-state index is 13.0. The van der Waals surface area contributed by atoms with Gasteiger partial charge in [-0.05, 0) is 6.92 Å². The first kappa shape index (κ1) is 17.7. The molecule has 3 aromatic carbocycles. The Balaban J connectivity index is 1.80. The number of hydrogen-bond acceptors (Lipinski definition) is 4. The molecule has 4 heteroatoms. The Kier molecular flexibility index (Phi) is 4.77. The van der Waals surface area contributed by atoms with Gasteiger partial charge in [0.25, 0.3) is 6.29 Å². The summed E-state index contributed by atoms with van der Waals surface area (Å²) in [6.45, 7) is 1.98. The predicted molar refractivity (Wildman–Crippen MR) is 105 cm³/mol. The number of ketones is 1. The van der Waals surface area contributed by atoms with Gasteiger partial charge in [0.1, 0.15) is 5.76 Å². The Labute approximate surface area is 163 Å². The quantitative estimate of drug-likeness (QED) is 0.374. The van der Waals surface area contributed by atoms with Crippen molar-refractivity contribution in [1.29, 1.82) is 0 Å². The summed E-state index contributed by atoms with van der Waals surface area (Å²) in [4.78, 5) is 25.9. The number of ether oxygens (including phenoxy) is 2. The van der Waals surface area contributed by atoms with E-state index in [1.165, 1.54) is 0 Å². The molecule has 0 amide bonds. The minimum absolute atomic E-state index is 0.0965. The molecule has 0 spiro atoms. The minimum atomic E-state index is -0.907. The molecule has 1 aliphatic heterocycles. The van der Waals surface area contributed by atoms with Gasteiger partial charge in [-0.15, -0.1) is 0 Å². The fourth-order valence-electron chi connectivity index (χ4n) is 3.03. The Bertz CT molecular complexity index is 1030. The van der Waals surface area contributed by atoms with E-state index >= 15 is 0 Å². The van der Waals surface area contributed by atoms with Crippen LogP contribution in [0.3, 0.4) is 0 Å². The summed E-state index contributed by atoms with van der Waals surface area (Å²) in [7, 11) is 0. The monoisotopic (exact) mass is 370 g/mol. The third-order valence-electron chi connectivity index (χ3n) is 4.52. The van der Waals surface area contributed by atoms with E-state index in [0.717, 1.165) is 5.56 Å². The van der Waals surface area contributed by atoms with Crippen molar-refractivity contribution in [3.63, 3.8) is 0 Å². The molecule has 4 rings (SSSR count). The van der Waals surface area contributed by atoms with E-state index < -0.39 is 18.0 Å². The van der Waals surface area contributed by atoms with Crippen LogP contribution < -0.4 is 0 Å². The van der Waals surface area contributed by atoms with E-state index in [9.17, 15) is 9.59 Å². The van der Waals surface area contributed by atoms with E-state index in [0.29, 0.717) is 16.7 Å². The maximum absolute atomic E-state index is 13.0. The Hall–Kier alpha value is -3.66. The molecule has 0 N–H and O–H groups in total. The van der Waals surface area contributed by atoms with Crippen molar-refractivity contribution in [3.05, 3.63) is 113 Å². The Morgan fingerprint density at radius 3 is 2.04 bits per heavy atom. The van der Waals surface area contributed by atoms with Crippen LogP contribution >= 0.6 is 0 Å². The largest absolute Gasteiger partial charge is 0.449 e. The van der Waals surface area contributed by atoms with Gasteiger partial charge in [0, 0.05) is 16.7 Å². The van der Waals surface area contributed by atoms with Crippen molar-refractivity contribution in [2.24, 2.45) is 0 Å². The summed E-state index contributed by atoms with van der Waals surface area (Å²) in [5.74, 6) is -0.882. The van der Waals surface area contributed by atoms with Crippen LogP contribution in [0.1, 0.15) is 33.3 Å². The first-order chi connectivity index (χ1) is 13.6. The topological polar surface area (TPSA) is 52.6 Å². The number of carbonyl (C=O) groups excluding carboxylic acids is 2. The Morgan fingerprint density at radius 1 is 0.786 bits per heavy atom. The van der Waals surface area contributed by atoms with Crippen LogP contribution in [-0.2, 0) is 14.3 Å². The zero-order valence-electron chi connectivity index (χ0n) is 15.3. The van der Waals surface area contributed by atoms with Gasteiger partial charge in [-0.3, -0.25) is 4.79 Å². The standard InChI is InChI=1S/C24H18O4/c1-16-12-14-19(15-13-16)24-27-22(18-10-6-3-7-11-18)20(23(26)28-24)21(25)17-8-4-2-5-9-17/h2-15,24H,1H3/t24-/m1/s1. The molecule has 0 radical (unpaired) electrons. The lowest BCUT2D eigenvalue weighted by Crippen LogP contribution is -2.27. The average Bonchev–Trinajstić information content (AvgIpc) is 2.74. The molecular formula is C24H18O4. The van der Waals surface area contributed by atoms with Crippen molar-refractivity contribution in [3.8, 4) is 0 Å². The van der Waals surface area contributed by atoms with Gasteiger partial charge in [0.05, 0.1) is 0 Å². The normalized spacial score (nSPS) is 16.3. The van der Waals surface area contributed by atoms with Crippen LogP contribution in [0.4, 0.5) is 0 Å². The number of rotatable bonds is 4. The molecule has 138 valence electrons. The minimum Gasteiger partial charge on any atom is -0.449 e. The lowest BCUT2D eigenvalue weighted by Gasteiger charge is -2.28. The van der Waals surface area contributed by atoms with E-state index in [2.05, 4.69) is 0 Å². The molecule has 4 nitrogen and oxygen atoms in total. The van der Waals surface area contributed by atoms with Gasteiger partial charge < -0.3 is 9.47 Å². The van der Waals surface area contributed by atoms with Gasteiger partial charge >= 0.3 is 5.97 Å². The first-order valence-electron chi connectivity index (χ1n) is 8.97. The fraction of sp³-hybridized carbons (Fsp3) is 0.0833. The van der Waals surface area contributed by atoms with Crippen molar-refractivity contribution in [2.75, 3.05) is 0 Å². The highest BCUT2D eigenvalue weighted by Crippen LogP contribution is 2.36. The van der Waals surface area contributed by atoms with Crippen LogP contribution in [0.15, 0.2) is 90.5 Å². The third kappa shape index (κ3) is 3.45. The Morgan fingerprint density at radius 2 is 1.39 bits per heavy atom. The zero-order chi connectivity index (χ0) is 19.5. The molecule has 0 fully saturated rings. The number of hydrogen-bond donors (Lipinski definition) is 0. The summed E-state index contributed by atoms with van der Waals surface area (Å²) >= 11 is 0. The van der Waals surface area contributed by atoms with Gasteiger partial charge in [-0.2, -0.15) is 0 Å². The molecule has 0 aromatic heterocycles. The summed E-state index contributed by atoms with van der Waals surface area (Å²) in [5.41, 5.74) is 2.75. The van der Waals surface area contributed by atoms with E-state index in [4.69, 9.17) is 9.47 Å². The number of esters is 1. The zero-order valence-corrected chi connectivity index (χ0v) is 15.3. The van der Waals surface area contributed by atoms with Crippen LogP contribution in [0.25, 0.3) is 5.76 Å².